The smallest absolute Gasteiger partial charge is 0.223 e. The molecule has 0 bridgehead atoms. The summed E-state index contributed by atoms with van der Waals surface area (Å²) in [6.45, 7) is 2.38. The second kappa shape index (κ2) is 7.27. The van der Waals surface area contributed by atoms with E-state index in [9.17, 15) is 4.79 Å². The maximum atomic E-state index is 12.6. The molecule has 1 aliphatic heterocycles. The lowest BCUT2D eigenvalue weighted by Gasteiger charge is -2.36. The van der Waals surface area contributed by atoms with Gasteiger partial charge in [-0.3, -0.25) is 4.79 Å². The second-order valence-electron chi connectivity index (χ2n) is 5.49. The second-order valence-corrected chi connectivity index (χ2v) is 6.71. The SMILES string of the molecule is O=C(CCc1ccsc1)N1CCNCC1c1cccc(Cl)c1. The fourth-order valence-electron chi connectivity index (χ4n) is 2.84. The third-order valence-corrected chi connectivity index (χ3v) is 4.97. The summed E-state index contributed by atoms with van der Waals surface area (Å²) < 4.78 is 0. The van der Waals surface area contributed by atoms with Crippen molar-refractivity contribution in [2.45, 2.75) is 18.9 Å². The predicted octanol–water partition coefficient (Wildman–Crippen LogP) is 3.51. The Morgan fingerprint density at radius 3 is 3.09 bits per heavy atom. The Kier molecular flexibility index (Phi) is 5.13. The van der Waals surface area contributed by atoms with E-state index in [0.717, 1.165) is 31.6 Å². The summed E-state index contributed by atoms with van der Waals surface area (Å²) in [5.41, 5.74) is 2.34. The number of hydrogen-bond donors (Lipinski definition) is 1. The van der Waals surface area contributed by atoms with Crippen molar-refractivity contribution in [2.75, 3.05) is 19.6 Å². The normalized spacial score (nSPS) is 18.4. The van der Waals surface area contributed by atoms with Gasteiger partial charge in [-0.2, -0.15) is 11.3 Å². The molecule has 3 nitrogen and oxygen atoms in total. The van der Waals surface area contributed by atoms with Crippen LogP contribution >= 0.6 is 22.9 Å². The number of amides is 1. The van der Waals surface area contributed by atoms with Crippen molar-refractivity contribution in [3.05, 3.63) is 57.2 Å². The van der Waals surface area contributed by atoms with Gasteiger partial charge in [-0.25, -0.2) is 0 Å². The largest absolute Gasteiger partial charge is 0.333 e. The maximum absolute atomic E-state index is 12.6. The highest BCUT2D eigenvalue weighted by atomic mass is 35.5. The Morgan fingerprint density at radius 1 is 1.41 bits per heavy atom. The minimum Gasteiger partial charge on any atom is -0.333 e. The van der Waals surface area contributed by atoms with Gasteiger partial charge in [0.1, 0.15) is 0 Å². The third-order valence-electron chi connectivity index (χ3n) is 4.00. The molecule has 0 radical (unpaired) electrons. The van der Waals surface area contributed by atoms with Crippen LogP contribution in [0, 0.1) is 0 Å². The number of carbonyl (C=O) groups excluding carboxylic acids is 1. The van der Waals surface area contributed by atoms with Gasteiger partial charge in [0.25, 0.3) is 0 Å². The molecule has 22 heavy (non-hydrogen) atoms. The maximum Gasteiger partial charge on any atom is 0.223 e. The van der Waals surface area contributed by atoms with Crippen molar-refractivity contribution < 1.29 is 4.79 Å². The molecule has 1 atom stereocenters. The molecule has 1 saturated heterocycles. The summed E-state index contributed by atoms with van der Waals surface area (Å²) in [6, 6.07) is 9.97. The van der Waals surface area contributed by atoms with Gasteiger partial charge >= 0.3 is 0 Å². The Bertz CT molecular complexity index is 629. The Morgan fingerprint density at radius 2 is 2.32 bits per heavy atom. The molecular formula is C17H19ClN2OS. The van der Waals surface area contributed by atoms with Crippen molar-refractivity contribution in [3.63, 3.8) is 0 Å². The molecule has 116 valence electrons. The third kappa shape index (κ3) is 3.69. The first-order valence-corrected chi connectivity index (χ1v) is 8.83. The topological polar surface area (TPSA) is 32.3 Å². The molecule has 0 spiro atoms. The standard InChI is InChI=1S/C17H19ClN2OS/c18-15-3-1-2-14(10-15)16-11-19-7-8-20(16)17(21)5-4-13-6-9-22-12-13/h1-3,6,9-10,12,16,19H,4-5,7-8,11H2. The van der Waals surface area contributed by atoms with E-state index in [1.807, 2.05) is 29.2 Å². The molecule has 1 fully saturated rings. The number of benzene rings is 1. The molecule has 1 aromatic heterocycles. The molecule has 1 N–H and O–H groups in total. The molecule has 1 amide bonds. The first-order valence-electron chi connectivity index (χ1n) is 7.51. The molecule has 1 aromatic carbocycles. The molecule has 1 aliphatic rings. The van der Waals surface area contributed by atoms with Gasteiger partial charge in [-0.15, -0.1) is 0 Å². The van der Waals surface area contributed by atoms with Crippen LogP contribution in [-0.2, 0) is 11.2 Å². The molecule has 5 heteroatoms. The van der Waals surface area contributed by atoms with Crippen LogP contribution in [0.15, 0.2) is 41.1 Å². The zero-order valence-corrected chi connectivity index (χ0v) is 13.9. The molecule has 0 saturated carbocycles. The number of piperazine rings is 1. The van der Waals surface area contributed by atoms with Gasteiger partial charge in [0, 0.05) is 31.1 Å². The van der Waals surface area contributed by atoms with Gasteiger partial charge in [-0.05, 0) is 46.5 Å². The summed E-state index contributed by atoms with van der Waals surface area (Å²) >= 11 is 7.77. The number of rotatable bonds is 4. The summed E-state index contributed by atoms with van der Waals surface area (Å²) in [4.78, 5) is 14.6. The van der Waals surface area contributed by atoms with E-state index >= 15 is 0 Å². The zero-order valence-electron chi connectivity index (χ0n) is 12.3. The average molecular weight is 335 g/mol. The van der Waals surface area contributed by atoms with E-state index in [2.05, 4.69) is 22.1 Å². The van der Waals surface area contributed by atoms with Crippen molar-refractivity contribution in [1.82, 2.24) is 10.2 Å². The van der Waals surface area contributed by atoms with Gasteiger partial charge in [0.15, 0.2) is 0 Å². The fourth-order valence-corrected chi connectivity index (χ4v) is 3.75. The molecule has 1 unspecified atom stereocenters. The lowest BCUT2D eigenvalue weighted by atomic mass is 10.0. The molecule has 2 aromatic rings. The number of thiophene rings is 1. The van der Waals surface area contributed by atoms with Crippen molar-refractivity contribution in [3.8, 4) is 0 Å². The Balaban J connectivity index is 1.70. The number of carbonyl (C=O) groups is 1. The predicted molar refractivity (Wildman–Crippen MR) is 91.4 cm³/mol. The molecule has 2 heterocycles. The molecule has 3 rings (SSSR count). The van der Waals surface area contributed by atoms with E-state index in [0.29, 0.717) is 11.4 Å². The number of nitrogens with zero attached hydrogens (tertiary/aromatic N) is 1. The van der Waals surface area contributed by atoms with E-state index < -0.39 is 0 Å². The van der Waals surface area contributed by atoms with Crippen LogP contribution in [0.25, 0.3) is 0 Å². The number of aryl methyl sites for hydroxylation is 1. The summed E-state index contributed by atoms with van der Waals surface area (Å²) in [7, 11) is 0. The highest BCUT2D eigenvalue weighted by molar-refractivity contribution is 7.07. The van der Waals surface area contributed by atoms with E-state index in [1.54, 1.807) is 11.3 Å². The fraction of sp³-hybridized carbons (Fsp3) is 0.353. The number of halogens is 1. The summed E-state index contributed by atoms with van der Waals surface area (Å²) in [5.74, 6) is 0.220. The van der Waals surface area contributed by atoms with Gasteiger partial charge in [-0.1, -0.05) is 23.7 Å². The van der Waals surface area contributed by atoms with Crippen molar-refractivity contribution >= 4 is 28.8 Å². The lowest BCUT2D eigenvalue weighted by molar-refractivity contribution is -0.134. The first-order chi connectivity index (χ1) is 10.7. The minimum absolute atomic E-state index is 0.0717. The van der Waals surface area contributed by atoms with E-state index in [1.165, 1.54) is 5.56 Å². The lowest BCUT2D eigenvalue weighted by Crippen LogP contribution is -2.48. The van der Waals surface area contributed by atoms with Crippen LogP contribution in [0.1, 0.15) is 23.6 Å². The van der Waals surface area contributed by atoms with Crippen LogP contribution in [0.5, 0.6) is 0 Å². The summed E-state index contributed by atoms with van der Waals surface area (Å²) in [5, 5.41) is 8.25. The van der Waals surface area contributed by atoms with Crippen molar-refractivity contribution in [2.24, 2.45) is 0 Å². The summed E-state index contributed by atoms with van der Waals surface area (Å²) in [6.07, 6.45) is 1.38. The number of hydrogen-bond acceptors (Lipinski definition) is 3. The van der Waals surface area contributed by atoms with Gasteiger partial charge in [0.2, 0.25) is 5.91 Å². The minimum atomic E-state index is 0.0717. The van der Waals surface area contributed by atoms with E-state index in [4.69, 9.17) is 11.6 Å². The highest BCUT2D eigenvalue weighted by Crippen LogP contribution is 2.25. The van der Waals surface area contributed by atoms with Crippen LogP contribution in [0.3, 0.4) is 0 Å². The monoisotopic (exact) mass is 334 g/mol. The zero-order chi connectivity index (χ0) is 15.4. The first kappa shape index (κ1) is 15.5. The van der Waals surface area contributed by atoms with Crippen LogP contribution < -0.4 is 5.32 Å². The van der Waals surface area contributed by atoms with Gasteiger partial charge in [0.05, 0.1) is 6.04 Å². The molecular weight excluding hydrogens is 316 g/mol. The number of nitrogens with one attached hydrogen (secondary N) is 1. The van der Waals surface area contributed by atoms with Crippen LogP contribution in [-0.4, -0.2) is 30.4 Å². The molecule has 0 aliphatic carbocycles. The quantitative estimate of drug-likeness (QED) is 0.928. The Labute approximate surface area is 139 Å². The Hall–Kier alpha value is -1.36. The van der Waals surface area contributed by atoms with E-state index in [-0.39, 0.29) is 11.9 Å². The average Bonchev–Trinajstić information content (AvgIpc) is 3.06. The van der Waals surface area contributed by atoms with Gasteiger partial charge < -0.3 is 10.2 Å². The van der Waals surface area contributed by atoms with Crippen LogP contribution in [0.2, 0.25) is 5.02 Å². The highest BCUT2D eigenvalue weighted by Gasteiger charge is 2.27. The van der Waals surface area contributed by atoms with Crippen molar-refractivity contribution in [1.29, 1.82) is 0 Å². The van der Waals surface area contributed by atoms with Crippen LogP contribution in [0.4, 0.5) is 0 Å².